The number of benzene rings is 1. The van der Waals surface area contributed by atoms with Gasteiger partial charge in [0.1, 0.15) is 17.2 Å². The molecular weight excluding hydrogens is 270 g/mol. The summed E-state index contributed by atoms with van der Waals surface area (Å²) in [6, 6.07) is 9.15. The molecule has 0 bridgehead atoms. The van der Waals surface area contributed by atoms with Crippen molar-refractivity contribution in [1.82, 2.24) is 4.98 Å². The molecule has 0 saturated heterocycles. The van der Waals surface area contributed by atoms with Gasteiger partial charge >= 0.3 is 0 Å². The molecule has 110 valence electrons. The second kappa shape index (κ2) is 5.26. The average molecular weight is 287 g/mol. The number of ether oxygens (including phenoxy) is 3. The fourth-order valence-electron chi connectivity index (χ4n) is 2.48. The summed E-state index contributed by atoms with van der Waals surface area (Å²) in [6.45, 7) is 2.19. The molecule has 5 nitrogen and oxygen atoms in total. The number of methoxy groups -OCH3 is 1. The van der Waals surface area contributed by atoms with E-state index in [-0.39, 0.29) is 12.5 Å². The second-order valence-corrected chi connectivity index (χ2v) is 5.23. The van der Waals surface area contributed by atoms with Crippen LogP contribution in [0.3, 0.4) is 0 Å². The molecule has 0 amide bonds. The highest BCUT2D eigenvalue weighted by molar-refractivity contribution is 5.46. The van der Waals surface area contributed by atoms with Gasteiger partial charge in [0.2, 0.25) is 0 Å². The number of fused-ring (bicyclic) bond motifs is 1. The first-order chi connectivity index (χ1) is 10.1. The van der Waals surface area contributed by atoms with Crippen molar-refractivity contribution in [1.29, 1.82) is 0 Å². The van der Waals surface area contributed by atoms with E-state index in [1.54, 1.807) is 19.2 Å². The number of nitrogens with zero attached hydrogens (tertiary/aromatic N) is 1. The largest absolute Gasteiger partial charge is 0.506 e. The van der Waals surface area contributed by atoms with Crippen molar-refractivity contribution in [3.05, 3.63) is 47.8 Å². The molecule has 1 aliphatic heterocycles. The first-order valence-corrected chi connectivity index (χ1v) is 6.70. The SMILES string of the molecule is COCOc1ccc2c(c1)OC(C)(c1ccc(O)cn1)C2. The monoisotopic (exact) mass is 287 g/mol. The maximum absolute atomic E-state index is 9.34. The van der Waals surface area contributed by atoms with Crippen molar-refractivity contribution in [2.24, 2.45) is 0 Å². The Hall–Kier alpha value is -2.27. The number of rotatable bonds is 4. The zero-order chi connectivity index (χ0) is 14.9. The molecule has 1 atom stereocenters. The molecule has 0 fully saturated rings. The summed E-state index contributed by atoms with van der Waals surface area (Å²) < 4.78 is 16.4. The lowest BCUT2D eigenvalue weighted by atomic mass is 9.95. The third-order valence-corrected chi connectivity index (χ3v) is 3.53. The van der Waals surface area contributed by atoms with Gasteiger partial charge in [0.15, 0.2) is 12.4 Å². The van der Waals surface area contributed by atoms with Gasteiger partial charge in [-0.2, -0.15) is 0 Å². The molecule has 1 unspecified atom stereocenters. The smallest absolute Gasteiger partial charge is 0.188 e. The Morgan fingerprint density at radius 2 is 2.19 bits per heavy atom. The lowest BCUT2D eigenvalue weighted by Gasteiger charge is -2.23. The van der Waals surface area contributed by atoms with Gasteiger partial charge < -0.3 is 19.3 Å². The van der Waals surface area contributed by atoms with Crippen LogP contribution in [0, 0.1) is 0 Å². The van der Waals surface area contributed by atoms with Gasteiger partial charge in [0.05, 0.1) is 11.9 Å². The van der Waals surface area contributed by atoms with Crippen molar-refractivity contribution < 1.29 is 19.3 Å². The Labute approximate surface area is 123 Å². The molecule has 0 saturated carbocycles. The normalized spacial score (nSPS) is 19.9. The molecule has 1 aliphatic rings. The standard InChI is InChI=1S/C16H17NO4/c1-16(15-6-4-12(18)9-17-15)8-11-3-5-13(20-10-19-2)7-14(11)21-16/h3-7,9,18H,8,10H2,1-2H3. The van der Waals surface area contributed by atoms with E-state index in [0.717, 1.165) is 23.4 Å². The maximum Gasteiger partial charge on any atom is 0.188 e. The summed E-state index contributed by atoms with van der Waals surface area (Å²) in [5.41, 5.74) is 1.36. The number of hydrogen-bond donors (Lipinski definition) is 1. The van der Waals surface area contributed by atoms with E-state index in [1.807, 2.05) is 25.1 Å². The summed E-state index contributed by atoms with van der Waals surface area (Å²) in [4.78, 5) is 4.26. The number of aromatic hydroxyl groups is 1. The Morgan fingerprint density at radius 1 is 1.33 bits per heavy atom. The molecule has 1 aromatic carbocycles. The number of pyridine rings is 1. The van der Waals surface area contributed by atoms with Gasteiger partial charge in [-0.05, 0) is 30.7 Å². The van der Waals surface area contributed by atoms with E-state index in [4.69, 9.17) is 14.2 Å². The first-order valence-electron chi connectivity index (χ1n) is 6.70. The van der Waals surface area contributed by atoms with Crippen molar-refractivity contribution in [2.75, 3.05) is 13.9 Å². The first kappa shape index (κ1) is 13.7. The van der Waals surface area contributed by atoms with Crippen LogP contribution in [0.5, 0.6) is 17.2 Å². The van der Waals surface area contributed by atoms with Crippen LogP contribution in [0.4, 0.5) is 0 Å². The molecule has 1 N–H and O–H groups in total. The lowest BCUT2D eigenvalue weighted by Crippen LogP contribution is -2.28. The number of aromatic nitrogens is 1. The molecule has 2 aromatic rings. The third kappa shape index (κ3) is 2.64. The predicted octanol–water partition coefficient (Wildman–Crippen LogP) is 2.62. The molecule has 1 aromatic heterocycles. The Kier molecular flexibility index (Phi) is 3.43. The van der Waals surface area contributed by atoms with Crippen LogP contribution in [0.25, 0.3) is 0 Å². The Bertz CT molecular complexity index is 641. The van der Waals surface area contributed by atoms with Gasteiger partial charge in [-0.25, -0.2) is 0 Å². The van der Waals surface area contributed by atoms with E-state index in [1.165, 1.54) is 6.20 Å². The fourth-order valence-corrected chi connectivity index (χ4v) is 2.48. The van der Waals surface area contributed by atoms with E-state index < -0.39 is 5.60 Å². The number of hydrogen-bond acceptors (Lipinski definition) is 5. The minimum Gasteiger partial charge on any atom is -0.506 e. The molecule has 3 rings (SSSR count). The van der Waals surface area contributed by atoms with E-state index in [2.05, 4.69) is 4.98 Å². The highest BCUT2D eigenvalue weighted by Crippen LogP contribution is 2.42. The van der Waals surface area contributed by atoms with Crippen molar-refractivity contribution in [3.8, 4) is 17.2 Å². The van der Waals surface area contributed by atoms with Crippen LogP contribution in [-0.2, 0) is 16.8 Å². The average Bonchev–Trinajstić information content (AvgIpc) is 2.82. The van der Waals surface area contributed by atoms with Crippen LogP contribution in [0.15, 0.2) is 36.5 Å². The summed E-state index contributed by atoms with van der Waals surface area (Å²) in [5.74, 6) is 1.65. The zero-order valence-corrected chi connectivity index (χ0v) is 12.0. The van der Waals surface area contributed by atoms with Crippen LogP contribution >= 0.6 is 0 Å². The van der Waals surface area contributed by atoms with Crippen molar-refractivity contribution in [3.63, 3.8) is 0 Å². The summed E-state index contributed by atoms with van der Waals surface area (Å²) in [7, 11) is 1.58. The second-order valence-electron chi connectivity index (χ2n) is 5.23. The highest BCUT2D eigenvalue weighted by Gasteiger charge is 2.38. The summed E-state index contributed by atoms with van der Waals surface area (Å²) >= 11 is 0. The Balaban J connectivity index is 1.84. The van der Waals surface area contributed by atoms with Gasteiger partial charge in [0, 0.05) is 19.6 Å². The lowest BCUT2D eigenvalue weighted by molar-refractivity contribution is 0.0506. The molecule has 0 aliphatic carbocycles. The van der Waals surface area contributed by atoms with Crippen LogP contribution in [0.1, 0.15) is 18.2 Å². The topological polar surface area (TPSA) is 60.8 Å². The van der Waals surface area contributed by atoms with Crippen molar-refractivity contribution >= 4 is 0 Å². The van der Waals surface area contributed by atoms with Crippen LogP contribution in [0.2, 0.25) is 0 Å². The summed E-state index contributed by atoms with van der Waals surface area (Å²) in [6.07, 6.45) is 2.16. The van der Waals surface area contributed by atoms with Gasteiger partial charge in [-0.3, -0.25) is 4.98 Å². The van der Waals surface area contributed by atoms with E-state index in [9.17, 15) is 5.11 Å². The molecular formula is C16H17NO4. The van der Waals surface area contributed by atoms with Gasteiger partial charge in [-0.15, -0.1) is 0 Å². The van der Waals surface area contributed by atoms with Gasteiger partial charge in [0.25, 0.3) is 0 Å². The molecule has 0 radical (unpaired) electrons. The molecule has 21 heavy (non-hydrogen) atoms. The fraction of sp³-hybridized carbons (Fsp3) is 0.312. The maximum atomic E-state index is 9.34. The highest BCUT2D eigenvalue weighted by atomic mass is 16.7. The van der Waals surface area contributed by atoms with E-state index >= 15 is 0 Å². The Morgan fingerprint density at radius 3 is 2.90 bits per heavy atom. The van der Waals surface area contributed by atoms with Crippen LogP contribution in [-0.4, -0.2) is 24.0 Å². The minimum atomic E-state index is -0.532. The third-order valence-electron chi connectivity index (χ3n) is 3.53. The molecule has 0 spiro atoms. The van der Waals surface area contributed by atoms with Crippen molar-refractivity contribution in [2.45, 2.75) is 18.9 Å². The van der Waals surface area contributed by atoms with Gasteiger partial charge in [-0.1, -0.05) is 6.07 Å². The van der Waals surface area contributed by atoms with E-state index in [0.29, 0.717) is 5.75 Å². The molecule has 2 heterocycles. The minimum absolute atomic E-state index is 0.146. The quantitative estimate of drug-likeness (QED) is 0.876. The predicted molar refractivity (Wildman–Crippen MR) is 76.5 cm³/mol. The zero-order valence-electron chi connectivity index (χ0n) is 12.0. The van der Waals surface area contributed by atoms with Crippen LogP contribution < -0.4 is 9.47 Å². The summed E-state index contributed by atoms with van der Waals surface area (Å²) in [5, 5.41) is 9.34. The molecule has 5 heteroatoms.